The molecular formula is C18H24N2O3. The topological polar surface area (TPSA) is 69.6 Å². The molecule has 1 aliphatic heterocycles. The number of benzene rings is 1. The van der Waals surface area contributed by atoms with Gasteiger partial charge in [-0.15, -0.1) is 0 Å². The van der Waals surface area contributed by atoms with Crippen molar-refractivity contribution in [1.29, 1.82) is 0 Å². The summed E-state index contributed by atoms with van der Waals surface area (Å²) in [5.41, 5.74) is 1.64. The van der Waals surface area contributed by atoms with Gasteiger partial charge in [0, 0.05) is 19.6 Å². The third-order valence-electron chi connectivity index (χ3n) is 5.28. The Morgan fingerprint density at radius 3 is 2.52 bits per heavy atom. The predicted octanol–water partition coefficient (Wildman–Crippen LogP) is 2.96. The second kappa shape index (κ2) is 6.22. The molecule has 0 spiro atoms. The molecule has 5 nitrogen and oxygen atoms in total. The van der Waals surface area contributed by atoms with Crippen LogP contribution in [0.2, 0.25) is 0 Å². The van der Waals surface area contributed by atoms with Crippen molar-refractivity contribution in [1.82, 2.24) is 10.2 Å². The van der Waals surface area contributed by atoms with E-state index in [4.69, 9.17) is 0 Å². The average molecular weight is 316 g/mol. The number of carbonyl (C=O) groups excluding carboxylic acids is 1. The number of hydrogen-bond donors (Lipinski definition) is 2. The molecule has 2 aliphatic rings. The van der Waals surface area contributed by atoms with Gasteiger partial charge in [-0.3, -0.25) is 4.79 Å². The van der Waals surface area contributed by atoms with Gasteiger partial charge < -0.3 is 15.3 Å². The lowest BCUT2D eigenvalue weighted by Gasteiger charge is -2.25. The lowest BCUT2D eigenvalue weighted by atomic mass is 9.80. The number of nitrogens with zero attached hydrogens (tertiary/aromatic N) is 1. The van der Waals surface area contributed by atoms with Crippen molar-refractivity contribution in [3.63, 3.8) is 0 Å². The second-order valence-electron chi connectivity index (χ2n) is 7.07. The zero-order valence-electron chi connectivity index (χ0n) is 13.5. The van der Waals surface area contributed by atoms with E-state index in [0.29, 0.717) is 19.5 Å². The lowest BCUT2D eigenvalue weighted by molar-refractivity contribution is -0.146. The molecule has 1 heterocycles. The summed E-state index contributed by atoms with van der Waals surface area (Å²) in [5.74, 6) is -0.115. The van der Waals surface area contributed by atoms with Crippen LogP contribution in [0, 0.1) is 5.41 Å². The number of carbonyl (C=O) groups is 2. The second-order valence-corrected chi connectivity index (χ2v) is 7.07. The minimum atomic E-state index is -0.834. The van der Waals surface area contributed by atoms with E-state index in [2.05, 4.69) is 29.6 Å². The van der Waals surface area contributed by atoms with Crippen molar-refractivity contribution >= 4 is 12.0 Å². The summed E-state index contributed by atoms with van der Waals surface area (Å²) < 4.78 is 0. The Hall–Kier alpha value is -2.04. The van der Waals surface area contributed by atoms with Crippen LogP contribution < -0.4 is 5.32 Å². The molecule has 1 aliphatic carbocycles. The van der Waals surface area contributed by atoms with E-state index >= 15 is 0 Å². The highest BCUT2D eigenvalue weighted by atomic mass is 16.4. The Morgan fingerprint density at radius 1 is 1.30 bits per heavy atom. The molecule has 1 saturated heterocycles. The zero-order chi connectivity index (χ0) is 16.4. The number of carboxylic acid groups (broad SMARTS) is 1. The van der Waals surface area contributed by atoms with E-state index in [1.54, 1.807) is 11.8 Å². The minimum Gasteiger partial charge on any atom is -0.481 e. The van der Waals surface area contributed by atoms with Crippen LogP contribution in [-0.2, 0) is 11.3 Å². The molecule has 5 heteroatoms. The van der Waals surface area contributed by atoms with Gasteiger partial charge in [0.15, 0.2) is 0 Å². The van der Waals surface area contributed by atoms with Gasteiger partial charge in [-0.1, -0.05) is 30.7 Å². The Bertz CT molecular complexity index is 595. The molecule has 2 N–H and O–H groups in total. The normalized spacial score (nSPS) is 24.3. The van der Waals surface area contributed by atoms with Gasteiger partial charge in [0.05, 0.1) is 5.41 Å². The number of likely N-dealkylation sites (tertiary alicyclic amines) is 1. The number of aliphatic carboxylic acids is 1. The van der Waals surface area contributed by atoms with Crippen molar-refractivity contribution in [2.24, 2.45) is 5.41 Å². The number of hydrogen-bond acceptors (Lipinski definition) is 2. The van der Waals surface area contributed by atoms with Gasteiger partial charge in [0.2, 0.25) is 0 Å². The molecule has 1 aromatic carbocycles. The van der Waals surface area contributed by atoms with Gasteiger partial charge in [0.1, 0.15) is 0 Å². The molecule has 1 aromatic rings. The fraction of sp³-hybridized carbons (Fsp3) is 0.556. The number of amides is 2. The van der Waals surface area contributed by atoms with Crippen LogP contribution >= 0.6 is 0 Å². The first-order chi connectivity index (χ1) is 11.0. The SMILES string of the molecule is CC1(C(=O)O)CCN(C(=O)NCc2ccc(C3CCC3)cc2)C1. The fourth-order valence-electron chi connectivity index (χ4n) is 3.25. The van der Waals surface area contributed by atoms with Gasteiger partial charge >= 0.3 is 12.0 Å². The molecule has 3 rings (SSSR count). The number of rotatable bonds is 4. The zero-order valence-corrected chi connectivity index (χ0v) is 13.5. The molecule has 0 bridgehead atoms. The van der Waals surface area contributed by atoms with Crippen LogP contribution in [0.5, 0.6) is 0 Å². The quantitative estimate of drug-likeness (QED) is 0.897. The molecule has 1 atom stereocenters. The van der Waals surface area contributed by atoms with Crippen LogP contribution in [0.25, 0.3) is 0 Å². The largest absolute Gasteiger partial charge is 0.481 e. The highest BCUT2D eigenvalue weighted by Crippen LogP contribution is 2.36. The van der Waals surface area contributed by atoms with E-state index in [1.807, 2.05) is 0 Å². The number of nitrogens with one attached hydrogen (secondary N) is 1. The fourth-order valence-corrected chi connectivity index (χ4v) is 3.25. The van der Waals surface area contributed by atoms with E-state index in [-0.39, 0.29) is 12.6 Å². The summed E-state index contributed by atoms with van der Waals surface area (Å²) in [6.07, 6.45) is 4.40. The van der Waals surface area contributed by atoms with E-state index in [1.165, 1.54) is 24.8 Å². The average Bonchev–Trinajstić information content (AvgIpc) is 2.89. The maximum absolute atomic E-state index is 12.2. The van der Waals surface area contributed by atoms with Crippen molar-refractivity contribution in [2.75, 3.05) is 13.1 Å². The summed E-state index contributed by atoms with van der Waals surface area (Å²) in [6.45, 7) is 2.94. The maximum atomic E-state index is 12.2. The van der Waals surface area contributed by atoms with Crippen LogP contribution in [0.4, 0.5) is 4.79 Å². The van der Waals surface area contributed by atoms with E-state index in [9.17, 15) is 14.7 Å². The first kappa shape index (κ1) is 15.8. The van der Waals surface area contributed by atoms with Crippen molar-refractivity contribution in [3.05, 3.63) is 35.4 Å². The molecular weight excluding hydrogens is 292 g/mol. The van der Waals surface area contributed by atoms with E-state index < -0.39 is 11.4 Å². The van der Waals surface area contributed by atoms with Gasteiger partial charge in [-0.05, 0) is 43.2 Å². The van der Waals surface area contributed by atoms with Crippen LogP contribution in [0.1, 0.15) is 49.7 Å². The minimum absolute atomic E-state index is 0.182. The van der Waals surface area contributed by atoms with Crippen LogP contribution in [-0.4, -0.2) is 35.1 Å². The molecule has 0 aromatic heterocycles. The molecule has 1 saturated carbocycles. The number of urea groups is 1. The molecule has 1 unspecified atom stereocenters. The van der Waals surface area contributed by atoms with Gasteiger partial charge in [-0.25, -0.2) is 4.79 Å². The Balaban J connectivity index is 1.50. The maximum Gasteiger partial charge on any atom is 0.317 e. The third kappa shape index (κ3) is 3.33. The smallest absolute Gasteiger partial charge is 0.317 e. The van der Waals surface area contributed by atoms with Gasteiger partial charge in [0.25, 0.3) is 0 Å². The Labute approximate surface area is 136 Å². The van der Waals surface area contributed by atoms with Crippen LogP contribution in [0.3, 0.4) is 0 Å². The Kier molecular flexibility index (Phi) is 4.28. The molecule has 124 valence electrons. The summed E-state index contributed by atoms with van der Waals surface area (Å²) in [6, 6.07) is 8.27. The summed E-state index contributed by atoms with van der Waals surface area (Å²) in [7, 11) is 0. The summed E-state index contributed by atoms with van der Waals surface area (Å²) >= 11 is 0. The summed E-state index contributed by atoms with van der Waals surface area (Å²) in [4.78, 5) is 25.0. The molecule has 0 radical (unpaired) electrons. The highest BCUT2D eigenvalue weighted by molar-refractivity contribution is 5.79. The van der Waals surface area contributed by atoms with Crippen LogP contribution in [0.15, 0.2) is 24.3 Å². The third-order valence-corrected chi connectivity index (χ3v) is 5.28. The van der Waals surface area contributed by atoms with E-state index in [0.717, 1.165) is 11.5 Å². The molecule has 2 fully saturated rings. The lowest BCUT2D eigenvalue weighted by Crippen LogP contribution is -2.40. The first-order valence-corrected chi connectivity index (χ1v) is 8.33. The van der Waals surface area contributed by atoms with Crippen molar-refractivity contribution in [3.8, 4) is 0 Å². The standard InChI is InChI=1S/C18H24N2O3/c1-18(16(21)22)9-10-20(12-18)17(23)19-11-13-5-7-15(8-6-13)14-3-2-4-14/h5-8,14H,2-4,9-12H2,1H3,(H,19,23)(H,21,22). The monoisotopic (exact) mass is 316 g/mol. The molecule has 23 heavy (non-hydrogen) atoms. The Morgan fingerprint density at radius 2 is 2.00 bits per heavy atom. The highest BCUT2D eigenvalue weighted by Gasteiger charge is 2.42. The number of carboxylic acids is 1. The molecule has 2 amide bonds. The first-order valence-electron chi connectivity index (χ1n) is 8.33. The van der Waals surface area contributed by atoms with Gasteiger partial charge in [-0.2, -0.15) is 0 Å². The van der Waals surface area contributed by atoms with Crippen molar-refractivity contribution < 1.29 is 14.7 Å². The van der Waals surface area contributed by atoms with Crippen molar-refractivity contribution in [2.45, 2.75) is 45.1 Å². The summed E-state index contributed by atoms with van der Waals surface area (Å²) in [5, 5.41) is 12.1. The predicted molar refractivity (Wildman–Crippen MR) is 87.2 cm³/mol.